The van der Waals surface area contributed by atoms with Gasteiger partial charge in [-0.3, -0.25) is 0 Å². The van der Waals surface area contributed by atoms with Crippen molar-refractivity contribution in [2.24, 2.45) is 0 Å². The van der Waals surface area contributed by atoms with Gasteiger partial charge in [0.25, 0.3) is 0 Å². The van der Waals surface area contributed by atoms with Crippen LogP contribution < -0.4 is 4.74 Å². The maximum Gasteiger partial charge on any atom is 0.416 e. The Bertz CT molecular complexity index is 867. The molecule has 1 aromatic heterocycles. The Morgan fingerprint density at radius 3 is 2.16 bits per heavy atom. The number of hydrogen-bond acceptors (Lipinski definition) is 2. The van der Waals surface area contributed by atoms with Crippen molar-refractivity contribution in [3.8, 4) is 17.0 Å². The van der Waals surface area contributed by atoms with Gasteiger partial charge in [0.2, 0.25) is 0 Å². The predicted octanol–water partition coefficient (Wildman–Crippen LogP) is 6.43. The molecule has 1 heterocycles. The number of fused-ring (bicyclic) bond motifs is 1. The SMILES string of the molecule is COc1ccc2c(Cl)nc(-c3ccc(C(F)(F)F)cc3)cc2c1.Cl.Cl. The molecule has 0 unspecified atom stereocenters. The number of methoxy groups -OCH3 is 1. The number of benzene rings is 2. The van der Waals surface area contributed by atoms with Crippen LogP contribution in [0.4, 0.5) is 13.2 Å². The second-order valence-corrected chi connectivity index (χ2v) is 5.32. The first-order chi connectivity index (χ1) is 10.9. The molecule has 0 fully saturated rings. The van der Waals surface area contributed by atoms with E-state index in [-0.39, 0.29) is 24.8 Å². The number of alkyl halides is 3. The molecule has 0 radical (unpaired) electrons. The van der Waals surface area contributed by atoms with Crippen LogP contribution in [0.15, 0.2) is 48.5 Å². The lowest BCUT2D eigenvalue weighted by atomic mass is 10.1. The number of nitrogens with zero attached hydrogens (tertiary/aromatic N) is 1. The third-order valence-electron chi connectivity index (χ3n) is 3.50. The number of hydrogen-bond donors (Lipinski definition) is 0. The summed E-state index contributed by atoms with van der Waals surface area (Å²) in [6, 6.07) is 12.0. The van der Waals surface area contributed by atoms with E-state index in [1.54, 1.807) is 31.4 Å². The lowest BCUT2D eigenvalue weighted by Crippen LogP contribution is -2.04. The van der Waals surface area contributed by atoms with Gasteiger partial charge in [0, 0.05) is 10.9 Å². The van der Waals surface area contributed by atoms with Crippen LogP contribution in [0.3, 0.4) is 0 Å². The molecule has 2 aromatic carbocycles. The van der Waals surface area contributed by atoms with Gasteiger partial charge in [-0.25, -0.2) is 4.98 Å². The first kappa shape index (κ1) is 21.4. The van der Waals surface area contributed by atoms with Gasteiger partial charge in [-0.05, 0) is 41.8 Å². The molecule has 0 aliphatic rings. The van der Waals surface area contributed by atoms with E-state index in [2.05, 4.69) is 4.98 Å². The van der Waals surface area contributed by atoms with Crippen LogP contribution in [0.25, 0.3) is 22.0 Å². The van der Waals surface area contributed by atoms with E-state index in [9.17, 15) is 13.2 Å². The summed E-state index contributed by atoms with van der Waals surface area (Å²) in [5, 5.41) is 1.85. The molecule has 0 bridgehead atoms. The van der Waals surface area contributed by atoms with E-state index >= 15 is 0 Å². The highest BCUT2D eigenvalue weighted by Gasteiger charge is 2.30. The summed E-state index contributed by atoms with van der Waals surface area (Å²) in [5.74, 6) is 0.665. The monoisotopic (exact) mass is 409 g/mol. The normalized spacial score (nSPS) is 10.8. The van der Waals surface area contributed by atoms with E-state index in [4.69, 9.17) is 16.3 Å². The summed E-state index contributed by atoms with van der Waals surface area (Å²) in [7, 11) is 1.56. The maximum atomic E-state index is 12.6. The fourth-order valence-corrected chi connectivity index (χ4v) is 2.56. The van der Waals surface area contributed by atoms with Gasteiger partial charge in [0.05, 0.1) is 18.4 Å². The largest absolute Gasteiger partial charge is 0.497 e. The Balaban J connectivity index is 0.00000156. The Labute approximate surface area is 159 Å². The van der Waals surface area contributed by atoms with Gasteiger partial charge in [0.1, 0.15) is 10.9 Å². The minimum Gasteiger partial charge on any atom is -0.497 e. The van der Waals surface area contributed by atoms with Crippen molar-refractivity contribution in [2.45, 2.75) is 6.18 Å². The molecule has 0 saturated heterocycles. The van der Waals surface area contributed by atoms with Crippen molar-refractivity contribution >= 4 is 47.2 Å². The molecule has 0 aliphatic heterocycles. The van der Waals surface area contributed by atoms with E-state index in [0.717, 1.165) is 22.9 Å². The van der Waals surface area contributed by atoms with Crippen LogP contribution in [0.5, 0.6) is 5.75 Å². The fraction of sp³-hybridized carbons (Fsp3) is 0.118. The van der Waals surface area contributed by atoms with Gasteiger partial charge in [-0.15, -0.1) is 24.8 Å². The van der Waals surface area contributed by atoms with E-state index < -0.39 is 11.7 Å². The zero-order valence-electron chi connectivity index (χ0n) is 12.8. The molecular weight excluding hydrogens is 398 g/mol. The fourth-order valence-electron chi connectivity index (χ4n) is 2.30. The molecule has 0 N–H and O–H groups in total. The highest BCUT2D eigenvalue weighted by molar-refractivity contribution is 6.34. The summed E-state index contributed by atoms with van der Waals surface area (Å²) < 4.78 is 43.1. The predicted molar refractivity (Wildman–Crippen MR) is 98.2 cm³/mol. The number of halogens is 6. The van der Waals surface area contributed by atoms with Gasteiger partial charge in [-0.2, -0.15) is 13.2 Å². The Kier molecular flexibility index (Phi) is 6.94. The van der Waals surface area contributed by atoms with Crippen molar-refractivity contribution in [1.29, 1.82) is 0 Å². The Morgan fingerprint density at radius 1 is 0.960 bits per heavy atom. The lowest BCUT2D eigenvalue weighted by molar-refractivity contribution is -0.137. The van der Waals surface area contributed by atoms with Crippen LogP contribution >= 0.6 is 36.4 Å². The molecule has 25 heavy (non-hydrogen) atoms. The van der Waals surface area contributed by atoms with Crippen LogP contribution in [-0.4, -0.2) is 12.1 Å². The van der Waals surface area contributed by atoms with Gasteiger partial charge < -0.3 is 4.74 Å². The average molecular weight is 411 g/mol. The molecule has 0 aliphatic carbocycles. The van der Waals surface area contributed by atoms with Crippen molar-refractivity contribution < 1.29 is 17.9 Å². The topological polar surface area (TPSA) is 22.1 Å². The number of aromatic nitrogens is 1. The summed E-state index contributed by atoms with van der Waals surface area (Å²) in [4.78, 5) is 4.26. The summed E-state index contributed by atoms with van der Waals surface area (Å²) in [6.07, 6.45) is -4.36. The molecule has 2 nitrogen and oxygen atoms in total. The zero-order chi connectivity index (χ0) is 16.6. The zero-order valence-corrected chi connectivity index (χ0v) is 15.2. The first-order valence-electron chi connectivity index (χ1n) is 6.70. The highest BCUT2D eigenvalue weighted by atomic mass is 35.5. The molecule has 0 amide bonds. The van der Waals surface area contributed by atoms with Crippen molar-refractivity contribution in [3.63, 3.8) is 0 Å². The van der Waals surface area contributed by atoms with E-state index in [0.29, 0.717) is 22.2 Å². The van der Waals surface area contributed by atoms with Crippen molar-refractivity contribution in [1.82, 2.24) is 4.98 Å². The van der Waals surface area contributed by atoms with Gasteiger partial charge >= 0.3 is 6.18 Å². The van der Waals surface area contributed by atoms with Crippen LogP contribution in [0.1, 0.15) is 5.56 Å². The molecule has 8 heteroatoms. The smallest absolute Gasteiger partial charge is 0.416 e. The van der Waals surface area contributed by atoms with Crippen LogP contribution in [0.2, 0.25) is 5.15 Å². The first-order valence-corrected chi connectivity index (χ1v) is 7.08. The highest BCUT2D eigenvalue weighted by Crippen LogP contribution is 2.33. The molecule has 0 atom stereocenters. The quantitative estimate of drug-likeness (QED) is 0.454. The lowest BCUT2D eigenvalue weighted by Gasteiger charge is -2.09. The molecule has 0 saturated carbocycles. The minimum atomic E-state index is -4.36. The molecular formula is C17H13Cl3F3NO. The van der Waals surface area contributed by atoms with Gasteiger partial charge in [0.15, 0.2) is 0 Å². The molecule has 3 rings (SSSR count). The van der Waals surface area contributed by atoms with Crippen molar-refractivity contribution in [2.75, 3.05) is 7.11 Å². The molecule has 134 valence electrons. The number of rotatable bonds is 2. The summed E-state index contributed by atoms with van der Waals surface area (Å²) in [6.45, 7) is 0. The average Bonchev–Trinajstić information content (AvgIpc) is 2.53. The summed E-state index contributed by atoms with van der Waals surface area (Å²) >= 11 is 6.18. The second kappa shape index (κ2) is 8.13. The van der Waals surface area contributed by atoms with E-state index in [1.165, 1.54) is 12.1 Å². The molecule has 3 aromatic rings. The van der Waals surface area contributed by atoms with Gasteiger partial charge in [-0.1, -0.05) is 23.7 Å². The third-order valence-corrected chi connectivity index (χ3v) is 3.79. The third kappa shape index (κ3) is 4.48. The maximum absolute atomic E-state index is 12.6. The number of pyridine rings is 1. The van der Waals surface area contributed by atoms with Crippen LogP contribution in [-0.2, 0) is 6.18 Å². The van der Waals surface area contributed by atoms with Crippen LogP contribution in [0, 0.1) is 0 Å². The minimum absolute atomic E-state index is 0. The standard InChI is InChI=1S/C17H11ClF3NO.2ClH/c1-23-13-6-7-14-11(8-13)9-15(22-16(14)18)10-2-4-12(5-3-10)17(19,20)21;;/h2-9H,1H3;2*1H. The number of ether oxygens (including phenoxy) is 1. The molecule has 0 spiro atoms. The van der Waals surface area contributed by atoms with Crippen molar-refractivity contribution in [3.05, 3.63) is 59.2 Å². The summed E-state index contributed by atoms with van der Waals surface area (Å²) in [5.41, 5.74) is 0.365. The second-order valence-electron chi connectivity index (χ2n) is 4.96. The Hall–Kier alpha value is -1.69. The Morgan fingerprint density at radius 2 is 1.60 bits per heavy atom. The van der Waals surface area contributed by atoms with E-state index in [1.807, 2.05) is 0 Å².